The van der Waals surface area contributed by atoms with Gasteiger partial charge in [-0.15, -0.1) is 24.8 Å². The van der Waals surface area contributed by atoms with E-state index in [9.17, 15) is 19.5 Å². The fourth-order valence-corrected chi connectivity index (χ4v) is 4.21. The maximum Gasteiger partial charge on any atom is 0.421 e. The summed E-state index contributed by atoms with van der Waals surface area (Å²) in [6.45, 7) is 2.19. The number of imide groups is 1. The third kappa shape index (κ3) is 4.54. The van der Waals surface area contributed by atoms with Gasteiger partial charge in [0.2, 0.25) is 0 Å². The van der Waals surface area contributed by atoms with Gasteiger partial charge in [-0.2, -0.15) is 4.48 Å². The Bertz CT molecular complexity index is 1070. The van der Waals surface area contributed by atoms with Crippen LogP contribution in [-0.2, 0) is 10.3 Å². The summed E-state index contributed by atoms with van der Waals surface area (Å²) in [4.78, 5) is 43.8. The van der Waals surface area contributed by atoms with E-state index >= 15 is 0 Å². The molecule has 3 rings (SSSR count). The fraction of sp³-hybridized carbons (Fsp3) is 0.333. The number of carbonyl (C=O) groups is 3. The molecule has 0 saturated carbocycles. The van der Waals surface area contributed by atoms with E-state index in [0.717, 1.165) is 0 Å². The van der Waals surface area contributed by atoms with Crippen LogP contribution < -0.4 is 27.2 Å². The number of carboxylic acids is 1. The lowest BCUT2D eigenvalue weighted by Gasteiger charge is -2.34. The van der Waals surface area contributed by atoms with Gasteiger partial charge >= 0.3 is 11.9 Å². The number of guanidine groups is 1. The molecule has 2 aliphatic rings. The summed E-state index contributed by atoms with van der Waals surface area (Å²) in [5.74, 6) is -2.05. The van der Waals surface area contributed by atoms with Gasteiger partial charge in [-0.3, -0.25) is 0 Å². The van der Waals surface area contributed by atoms with Crippen molar-refractivity contribution in [2.45, 2.75) is 24.9 Å². The number of primary amides is 1. The molecule has 10 nitrogen and oxygen atoms in total. The van der Waals surface area contributed by atoms with Crippen molar-refractivity contribution in [3.05, 3.63) is 53.1 Å². The van der Waals surface area contributed by atoms with Crippen molar-refractivity contribution in [2.75, 3.05) is 25.5 Å². The third-order valence-corrected chi connectivity index (χ3v) is 6.17. The molecular formula is C21H28Cl2N6O4. The van der Waals surface area contributed by atoms with E-state index in [4.69, 9.17) is 17.2 Å². The number of amides is 3. The van der Waals surface area contributed by atoms with Crippen LogP contribution >= 0.6 is 24.8 Å². The SMILES string of the molecule is CC1CN(C)c2cccc(C3(N=C(N)N)C=CC(C(=O)[O-])=CC3)c2C(=O)[N+]1(C)C(N)=O.Cl.Cl. The first-order valence-corrected chi connectivity index (χ1v) is 9.71. The van der Waals surface area contributed by atoms with Crippen LogP contribution in [0.15, 0.2) is 47.0 Å². The van der Waals surface area contributed by atoms with Crippen LogP contribution in [0.3, 0.4) is 0 Å². The summed E-state index contributed by atoms with van der Waals surface area (Å²) in [5, 5.41) is 11.3. The number of carbonyl (C=O) groups excluding carboxylic acids is 3. The first kappa shape index (κ1) is 28.0. The number of fused-ring (bicyclic) bond motifs is 1. The first-order chi connectivity index (χ1) is 14.4. The average molecular weight is 499 g/mol. The quantitative estimate of drug-likeness (QED) is 0.302. The first-order valence-electron chi connectivity index (χ1n) is 9.71. The predicted octanol–water partition coefficient (Wildman–Crippen LogP) is 0.139. The molecule has 1 heterocycles. The molecule has 0 aromatic heterocycles. The minimum atomic E-state index is -1.33. The van der Waals surface area contributed by atoms with Crippen molar-refractivity contribution < 1.29 is 24.0 Å². The number of benzene rings is 1. The number of anilines is 1. The molecule has 180 valence electrons. The Labute approximate surface area is 204 Å². The molecule has 1 aromatic rings. The molecule has 0 spiro atoms. The number of aliphatic imine (C=N–C) groups is 1. The number of carboxylic acid groups (broad SMARTS) is 1. The second-order valence-corrected chi connectivity index (χ2v) is 8.09. The number of quaternary nitrogens is 1. The van der Waals surface area contributed by atoms with Crippen molar-refractivity contribution >= 4 is 54.4 Å². The van der Waals surface area contributed by atoms with Crippen LogP contribution in [-0.4, -0.2) is 55.0 Å². The smallest absolute Gasteiger partial charge is 0.421 e. The van der Waals surface area contributed by atoms with Crippen LogP contribution in [0.1, 0.15) is 29.3 Å². The maximum absolute atomic E-state index is 13.8. The Morgan fingerprint density at radius 3 is 2.36 bits per heavy atom. The molecule has 12 heteroatoms. The molecule has 6 N–H and O–H groups in total. The summed E-state index contributed by atoms with van der Waals surface area (Å²) in [5.41, 5.74) is 17.1. The van der Waals surface area contributed by atoms with Crippen LogP contribution in [0.25, 0.3) is 0 Å². The number of hydrogen-bond acceptors (Lipinski definition) is 6. The molecule has 3 amide bonds. The highest BCUT2D eigenvalue weighted by Crippen LogP contribution is 2.42. The Morgan fingerprint density at radius 2 is 1.88 bits per heavy atom. The summed E-state index contributed by atoms with van der Waals surface area (Å²) >= 11 is 0. The summed E-state index contributed by atoms with van der Waals surface area (Å²) in [7, 11) is 3.31. The standard InChI is InChI=1S/C21H26N6O4.2ClH/c1-12-11-26(2)15-6-4-5-14(16(15)17(28)27(12,3)20(24)31)21(25-19(22)23)9-7-13(8-10-21)18(29)30;;/h4-9,12H,10-11H2,1-3H3,(H6-,22,23,24,25,29,30,31);2*1H. The Morgan fingerprint density at radius 1 is 1.24 bits per heavy atom. The predicted molar refractivity (Wildman–Crippen MR) is 128 cm³/mol. The highest BCUT2D eigenvalue weighted by molar-refractivity contribution is 6.02. The van der Waals surface area contributed by atoms with Gasteiger partial charge in [0, 0.05) is 12.6 Å². The van der Waals surface area contributed by atoms with Crippen molar-refractivity contribution in [1.82, 2.24) is 0 Å². The molecule has 0 bridgehead atoms. The van der Waals surface area contributed by atoms with Gasteiger partial charge in [-0.25, -0.2) is 14.6 Å². The van der Waals surface area contributed by atoms with Gasteiger partial charge in [-0.05, 0) is 25.0 Å². The molecule has 0 saturated heterocycles. The zero-order chi connectivity index (χ0) is 23.1. The fourth-order valence-electron chi connectivity index (χ4n) is 4.21. The molecular weight excluding hydrogens is 471 g/mol. The van der Waals surface area contributed by atoms with E-state index in [1.165, 1.54) is 25.3 Å². The van der Waals surface area contributed by atoms with Gasteiger partial charge in [-0.1, -0.05) is 30.4 Å². The lowest BCUT2D eigenvalue weighted by Crippen LogP contribution is -2.62. The van der Waals surface area contributed by atoms with E-state index < -0.39 is 34.0 Å². The van der Waals surface area contributed by atoms with Crippen LogP contribution in [0.2, 0.25) is 0 Å². The minimum absolute atomic E-state index is 0. The number of rotatable bonds is 3. The molecule has 0 radical (unpaired) electrons. The molecule has 3 atom stereocenters. The average Bonchev–Trinajstić information content (AvgIpc) is 2.77. The van der Waals surface area contributed by atoms with Crippen molar-refractivity contribution in [3.8, 4) is 0 Å². The van der Waals surface area contributed by atoms with E-state index in [2.05, 4.69) is 4.99 Å². The second-order valence-electron chi connectivity index (χ2n) is 8.09. The van der Waals surface area contributed by atoms with Gasteiger partial charge in [0.1, 0.15) is 17.1 Å². The van der Waals surface area contributed by atoms with Gasteiger partial charge < -0.3 is 32.0 Å². The molecule has 0 fully saturated rings. The van der Waals surface area contributed by atoms with Crippen LogP contribution in [0.4, 0.5) is 10.5 Å². The highest BCUT2D eigenvalue weighted by atomic mass is 35.5. The van der Waals surface area contributed by atoms with E-state index in [-0.39, 0.29) is 48.3 Å². The Hall–Kier alpha value is -3.08. The largest absolute Gasteiger partial charge is 0.545 e. The Kier molecular flexibility index (Phi) is 8.32. The molecule has 33 heavy (non-hydrogen) atoms. The van der Waals surface area contributed by atoms with Crippen LogP contribution in [0.5, 0.6) is 0 Å². The van der Waals surface area contributed by atoms with E-state index in [0.29, 0.717) is 17.8 Å². The lowest BCUT2D eigenvalue weighted by atomic mass is 9.79. The number of nitrogens with zero attached hydrogens (tertiary/aromatic N) is 3. The van der Waals surface area contributed by atoms with Gasteiger partial charge in [0.05, 0.1) is 25.2 Å². The van der Waals surface area contributed by atoms with Crippen molar-refractivity contribution in [1.29, 1.82) is 0 Å². The number of hydrogen-bond donors (Lipinski definition) is 3. The summed E-state index contributed by atoms with van der Waals surface area (Å²) in [6, 6.07) is 4.04. The topological polar surface area (TPSA) is 168 Å². The zero-order valence-electron chi connectivity index (χ0n) is 18.5. The van der Waals surface area contributed by atoms with E-state index in [1.807, 2.05) is 11.9 Å². The monoisotopic (exact) mass is 498 g/mol. The van der Waals surface area contributed by atoms with Crippen molar-refractivity contribution in [3.63, 3.8) is 0 Å². The molecule has 1 aliphatic carbocycles. The minimum Gasteiger partial charge on any atom is -0.545 e. The lowest BCUT2D eigenvalue weighted by molar-refractivity contribution is -0.768. The number of urea groups is 1. The zero-order valence-corrected chi connectivity index (χ0v) is 20.1. The summed E-state index contributed by atoms with van der Waals surface area (Å²) in [6.07, 6.45) is 4.40. The number of nitrogens with two attached hydrogens (primary N) is 3. The normalized spacial score (nSPS) is 26.0. The number of aliphatic carboxylic acids is 1. The van der Waals surface area contributed by atoms with Gasteiger partial charge in [0.15, 0.2) is 5.96 Å². The van der Waals surface area contributed by atoms with Gasteiger partial charge in [0.25, 0.3) is 0 Å². The summed E-state index contributed by atoms with van der Waals surface area (Å²) < 4.78 is -0.629. The van der Waals surface area contributed by atoms with Crippen molar-refractivity contribution in [2.24, 2.45) is 22.2 Å². The maximum atomic E-state index is 13.8. The molecule has 1 aliphatic heterocycles. The van der Waals surface area contributed by atoms with Crippen LogP contribution in [0, 0.1) is 0 Å². The molecule has 1 aromatic carbocycles. The highest BCUT2D eigenvalue weighted by Gasteiger charge is 2.50. The molecule has 3 unspecified atom stereocenters. The number of likely N-dealkylation sites (N-methyl/N-ethyl adjacent to an activating group) is 2. The third-order valence-electron chi connectivity index (χ3n) is 6.17. The number of halogens is 2. The second kappa shape index (κ2) is 9.82. The Balaban J connectivity index is 0.00000272. The van der Waals surface area contributed by atoms with E-state index in [1.54, 1.807) is 25.1 Å².